The lowest BCUT2D eigenvalue weighted by atomic mass is 10.1. The van der Waals surface area contributed by atoms with E-state index < -0.39 is 0 Å². The molecule has 1 aromatic carbocycles. The summed E-state index contributed by atoms with van der Waals surface area (Å²) in [6.45, 7) is 2.70. The van der Waals surface area contributed by atoms with E-state index in [1.165, 1.54) is 6.07 Å². The van der Waals surface area contributed by atoms with Crippen LogP contribution in [0.15, 0.2) is 36.7 Å². The molecule has 2 heterocycles. The van der Waals surface area contributed by atoms with Gasteiger partial charge in [-0.2, -0.15) is 0 Å². The number of benzene rings is 1. The third-order valence-corrected chi connectivity index (χ3v) is 3.57. The minimum Gasteiger partial charge on any atom is -0.333 e. The third kappa shape index (κ3) is 2.77. The maximum atomic E-state index is 13.5. The Labute approximate surface area is 116 Å². The Morgan fingerprint density at radius 1 is 1.30 bits per heavy atom. The fourth-order valence-electron chi connectivity index (χ4n) is 2.52. The van der Waals surface area contributed by atoms with Crippen molar-refractivity contribution in [3.05, 3.63) is 53.9 Å². The van der Waals surface area contributed by atoms with Crippen molar-refractivity contribution in [3.8, 4) is 0 Å². The lowest BCUT2D eigenvalue weighted by Crippen LogP contribution is -2.37. The van der Waals surface area contributed by atoms with Gasteiger partial charge in [0.2, 0.25) is 0 Å². The van der Waals surface area contributed by atoms with Crippen LogP contribution in [-0.4, -0.2) is 33.3 Å². The zero-order valence-electron chi connectivity index (χ0n) is 11.1. The molecule has 5 heteroatoms. The topological polar surface area (TPSA) is 38.1 Å². The molecular formula is C15H16FN3O. The number of ketones is 1. The van der Waals surface area contributed by atoms with E-state index in [9.17, 15) is 9.18 Å². The molecule has 0 saturated heterocycles. The molecule has 0 saturated carbocycles. The molecule has 0 N–H and O–H groups in total. The molecule has 0 spiro atoms. The quantitative estimate of drug-likeness (QED) is 0.850. The third-order valence-electron chi connectivity index (χ3n) is 3.57. The number of hydrogen-bond donors (Lipinski definition) is 0. The number of fused-ring (bicyclic) bond motifs is 1. The SMILES string of the molecule is O=C(Cc1ccccc1F)CN1CCn2ccnc2C1. The second-order valence-corrected chi connectivity index (χ2v) is 5.05. The summed E-state index contributed by atoms with van der Waals surface area (Å²) in [6.07, 6.45) is 3.88. The summed E-state index contributed by atoms with van der Waals surface area (Å²) in [5.41, 5.74) is 0.469. The zero-order valence-corrected chi connectivity index (χ0v) is 11.1. The molecular weight excluding hydrogens is 257 g/mol. The predicted octanol–water partition coefficient (Wildman–Crippen LogP) is 1.65. The van der Waals surface area contributed by atoms with Gasteiger partial charge in [-0.15, -0.1) is 0 Å². The van der Waals surface area contributed by atoms with Gasteiger partial charge in [0, 0.05) is 31.9 Å². The Balaban J connectivity index is 1.59. The molecule has 3 rings (SSSR count). The summed E-state index contributed by atoms with van der Waals surface area (Å²) < 4.78 is 15.6. The number of rotatable bonds is 4. The predicted molar refractivity (Wildman–Crippen MR) is 72.6 cm³/mol. The molecule has 104 valence electrons. The normalized spacial score (nSPS) is 15.1. The van der Waals surface area contributed by atoms with Gasteiger partial charge < -0.3 is 4.57 Å². The summed E-state index contributed by atoms with van der Waals surface area (Å²) in [7, 11) is 0. The summed E-state index contributed by atoms with van der Waals surface area (Å²) in [5.74, 6) is 0.708. The maximum absolute atomic E-state index is 13.5. The monoisotopic (exact) mass is 273 g/mol. The molecule has 0 radical (unpaired) electrons. The van der Waals surface area contributed by atoms with Gasteiger partial charge in [0.1, 0.15) is 11.6 Å². The van der Waals surface area contributed by atoms with E-state index in [1.807, 2.05) is 6.20 Å². The van der Waals surface area contributed by atoms with Crippen molar-refractivity contribution in [2.75, 3.05) is 13.1 Å². The lowest BCUT2D eigenvalue weighted by Gasteiger charge is -2.26. The number of imidazole rings is 1. The van der Waals surface area contributed by atoms with Crippen LogP contribution in [0.1, 0.15) is 11.4 Å². The van der Waals surface area contributed by atoms with Crippen LogP contribution < -0.4 is 0 Å². The van der Waals surface area contributed by atoms with Gasteiger partial charge in [0.05, 0.1) is 13.1 Å². The van der Waals surface area contributed by atoms with Crippen LogP contribution in [0.3, 0.4) is 0 Å². The Morgan fingerprint density at radius 2 is 2.15 bits per heavy atom. The Morgan fingerprint density at radius 3 is 3.00 bits per heavy atom. The van der Waals surface area contributed by atoms with Crippen LogP contribution in [0.25, 0.3) is 0 Å². The van der Waals surface area contributed by atoms with E-state index in [0.29, 0.717) is 18.7 Å². The first-order valence-corrected chi connectivity index (χ1v) is 6.70. The molecule has 0 fully saturated rings. The first kappa shape index (κ1) is 13.0. The zero-order chi connectivity index (χ0) is 13.9. The molecule has 0 amide bonds. The van der Waals surface area contributed by atoms with Crippen LogP contribution in [0.2, 0.25) is 0 Å². The van der Waals surface area contributed by atoms with E-state index in [2.05, 4.69) is 14.5 Å². The summed E-state index contributed by atoms with van der Waals surface area (Å²) in [5, 5.41) is 0. The highest BCUT2D eigenvalue weighted by Gasteiger charge is 2.19. The number of carbonyl (C=O) groups is 1. The Hall–Kier alpha value is -2.01. The molecule has 20 heavy (non-hydrogen) atoms. The van der Waals surface area contributed by atoms with Gasteiger partial charge in [0.15, 0.2) is 5.78 Å². The number of halogens is 1. The molecule has 0 atom stereocenters. The standard InChI is InChI=1S/C15H16FN3O/c16-14-4-2-1-3-12(14)9-13(20)10-18-7-8-19-6-5-17-15(19)11-18/h1-6H,7-11H2. The van der Waals surface area contributed by atoms with E-state index >= 15 is 0 Å². The van der Waals surface area contributed by atoms with E-state index in [1.54, 1.807) is 24.4 Å². The highest BCUT2D eigenvalue weighted by molar-refractivity contribution is 5.82. The van der Waals surface area contributed by atoms with E-state index in [4.69, 9.17) is 0 Å². The van der Waals surface area contributed by atoms with Crippen molar-refractivity contribution in [2.45, 2.75) is 19.5 Å². The minimum atomic E-state index is -0.310. The summed E-state index contributed by atoms with van der Waals surface area (Å²) >= 11 is 0. The van der Waals surface area contributed by atoms with Crippen molar-refractivity contribution in [3.63, 3.8) is 0 Å². The Bertz CT molecular complexity index is 623. The fourth-order valence-corrected chi connectivity index (χ4v) is 2.52. The molecule has 0 unspecified atom stereocenters. The van der Waals surface area contributed by atoms with Gasteiger partial charge >= 0.3 is 0 Å². The lowest BCUT2D eigenvalue weighted by molar-refractivity contribution is -0.119. The largest absolute Gasteiger partial charge is 0.333 e. The molecule has 1 aliphatic rings. The molecule has 1 aromatic heterocycles. The number of hydrogen-bond acceptors (Lipinski definition) is 3. The Kier molecular flexibility index (Phi) is 3.60. The molecule has 1 aliphatic heterocycles. The number of aromatic nitrogens is 2. The van der Waals surface area contributed by atoms with Gasteiger partial charge in [-0.05, 0) is 11.6 Å². The van der Waals surface area contributed by atoms with Crippen LogP contribution in [0.5, 0.6) is 0 Å². The summed E-state index contributed by atoms with van der Waals surface area (Å²) in [4.78, 5) is 18.4. The second-order valence-electron chi connectivity index (χ2n) is 5.05. The van der Waals surface area contributed by atoms with Crippen molar-refractivity contribution in [1.29, 1.82) is 0 Å². The van der Waals surface area contributed by atoms with Crippen molar-refractivity contribution < 1.29 is 9.18 Å². The molecule has 0 bridgehead atoms. The highest BCUT2D eigenvalue weighted by Crippen LogP contribution is 2.12. The van der Waals surface area contributed by atoms with Crippen LogP contribution in [0.4, 0.5) is 4.39 Å². The van der Waals surface area contributed by atoms with Crippen LogP contribution >= 0.6 is 0 Å². The summed E-state index contributed by atoms with van der Waals surface area (Å²) in [6, 6.07) is 6.44. The molecule has 4 nitrogen and oxygen atoms in total. The van der Waals surface area contributed by atoms with Gasteiger partial charge in [0.25, 0.3) is 0 Å². The van der Waals surface area contributed by atoms with E-state index in [0.717, 1.165) is 18.9 Å². The maximum Gasteiger partial charge on any atom is 0.151 e. The average Bonchev–Trinajstić information content (AvgIpc) is 2.89. The van der Waals surface area contributed by atoms with Crippen molar-refractivity contribution in [2.24, 2.45) is 0 Å². The number of Topliss-reactive ketones (excluding diaryl/α,β-unsaturated/α-hetero) is 1. The first-order valence-electron chi connectivity index (χ1n) is 6.70. The molecule has 0 aliphatic carbocycles. The van der Waals surface area contributed by atoms with Crippen molar-refractivity contribution in [1.82, 2.24) is 14.5 Å². The van der Waals surface area contributed by atoms with Crippen LogP contribution in [0, 0.1) is 5.82 Å². The fraction of sp³-hybridized carbons (Fsp3) is 0.333. The smallest absolute Gasteiger partial charge is 0.151 e. The second kappa shape index (κ2) is 5.54. The van der Waals surface area contributed by atoms with Gasteiger partial charge in [-0.25, -0.2) is 9.37 Å². The van der Waals surface area contributed by atoms with Crippen molar-refractivity contribution >= 4 is 5.78 Å². The number of carbonyl (C=O) groups excluding carboxylic acids is 1. The van der Waals surface area contributed by atoms with Gasteiger partial charge in [-0.1, -0.05) is 18.2 Å². The molecule has 2 aromatic rings. The first-order chi connectivity index (χ1) is 9.72. The van der Waals surface area contributed by atoms with Gasteiger partial charge in [-0.3, -0.25) is 9.69 Å². The van der Waals surface area contributed by atoms with Crippen LogP contribution in [-0.2, 0) is 24.3 Å². The highest BCUT2D eigenvalue weighted by atomic mass is 19.1. The van der Waals surface area contributed by atoms with E-state index in [-0.39, 0.29) is 18.0 Å². The minimum absolute atomic E-state index is 0.0371. The number of nitrogens with zero attached hydrogens (tertiary/aromatic N) is 3. The average molecular weight is 273 g/mol.